The van der Waals surface area contributed by atoms with Crippen molar-refractivity contribution >= 4 is 15.9 Å². The normalized spacial score (nSPS) is 15.6. The van der Waals surface area contributed by atoms with Gasteiger partial charge in [-0.2, -0.15) is 9.29 Å². The van der Waals surface area contributed by atoms with E-state index in [2.05, 4.69) is 17.1 Å². The monoisotopic (exact) mass is 420 g/mol. The molecule has 158 valence electrons. The van der Waals surface area contributed by atoms with Crippen molar-refractivity contribution in [3.05, 3.63) is 47.6 Å². The number of benzene rings is 1. The lowest BCUT2D eigenvalue weighted by molar-refractivity contribution is -0.132. The first-order valence-electron chi connectivity index (χ1n) is 10.1. The van der Waals surface area contributed by atoms with Gasteiger partial charge in [0.15, 0.2) is 5.82 Å². The second-order valence-corrected chi connectivity index (χ2v) is 9.20. The van der Waals surface area contributed by atoms with Crippen molar-refractivity contribution in [3.63, 3.8) is 0 Å². The molecule has 3 rings (SSSR count). The number of hydrogen-bond donors (Lipinski definition) is 0. The van der Waals surface area contributed by atoms with E-state index in [1.54, 1.807) is 4.90 Å². The van der Waals surface area contributed by atoms with Crippen molar-refractivity contribution in [2.75, 3.05) is 26.2 Å². The number of carbonyl (C=O) groups is 1. The first-order chi connectivity index (χ1) is 14.0. The molecule has 1 saturated heterocycles. The van der Waals surface area contributed by atoms with Gasteiger partial charge in [-0.05, 0) is 18.4 Å². The van der Waals surface area contributed by atoms with Gasteiger partial charge in [0.2, 0.25) is 21.8 Å². The third kappa shape index (κ3) is 6.11. The standard InChI is InChI=1S/C20H28N4O4S/c1-2-7-18-21-19(28-22-18)10-6-11-20(25)23-12-14-24(15-13-23)29(26,27)16-17-8-4-3-5-9-17/h3-5,8-9H,2,6-7,10-16H2,1H3. The van der Waals surface area contributed by atoms with Gasteiger partial charge < -0.3 is 9.42 Å². The van der Waals surface area contributed by atoms with E-state index in [-0.39, 0.29) is 11.7 Å². The summed E-state index contributed by atoms with van der Waals surface area (Å²) in [5.41, 5.74) is 0.772. The summed E-state index contributed by atoms with van der Waals surface area (Å²) in [4.78, 5) is 18.5. The number of piperazine rings is 1. The van der Waals surface area contributed by atoms with E-state index in [1.807, 2.05) is 30.3 Å². The molecule has 0 unspecified atom stereocenters. The number of sulfonamides is 1. The predicted octanol–water partition coefficient (Wildman–Crippen LogP) is 2.02. The lowest BCUT2D eigenvalue weighted by Crippen LogP contribution is -2.50. The topological polar surface area (TPSA) is 96.6 Å². The number of rotatable bonds is 9. The Balaban J connectivity index is 1.41. The largest absolute Gasteiger partial charge is 0.340 e. The Bertz CT molecular complexity index is 890. The first kappa shape index (κ1) is 21.4. The van der Waals surface area contributed by atoms with Crippen molar-refractivity contribution in [2.24, 2.45) is 0 Å². The van der Waals surface area contributed by atoms with E-state index in [9.17, 15) is 13.2 Å². The lowest BCUT2D eigenvalue weighted by Gasteiger charge is -2.34. The quantitative estimate of drug-likeness (QED) is 0.616. The zero-order valence-corrected chi connectivity index (χ0v) is 17.6. The van der Waals surface area contributed by atoms with Crippen LogP contribution in [0.4, 0.5) is 0 Å². The van der Waals surface area contributed by atoms with Crippen LogP contribution in [0.1, 0.15) is 43.5 Å². The number of hydrogen-bond acceptors (Lipinski definition) is 6. The van der Waals surface area contributed by atoms with Crippen molar-refractivity contribution in [2.45, 2.75) is 44.8 Å². The molecule has 1 aliphatic rings. The van der Waals surface area contributed by atoms with Crippen molar-refractivity contribution < 1.29 is 17.7 Å². The van der Waals surface area contributed by atoms with Crippen LogP contribution in [0.25, 0.3) is 0 Å². The molecule has 0 atom stereocenters. The number of aromatic nitrogens is 2. The fraction of sp³-hybridized carbons (Fsp3) is 0.550. The SMILES string of the molecule is CCCc1noc(CCCC(=O)N2CCN(S(=O)(=O)Cc3ccccc3)CC2)n1. The van der Waals surface area contributed by atoms with Crippen LogP contribution in [-0.4, -0.2) is 59.8 Å². The summed E-state index contributed by atoms with van der Waals surface area (Å²) in [6, 6.07) is 9.15. The van der Waals surface area contributed by atoms with Gasteiger partial charge in [0.25, 0.3) is 0 Å². The lowest BCUT2D eigenvalue weighted by atomic mass is 10.2. The zero-order valence-electron chi connectivity index (χ0n) is 16.8. The number of amides is 1. The molecule has 0 spiro atoms. The molecular formula is C20H28N4O4S. The van der Waals surface area contributed by atoms with E-state index >= 15 is 0 Å². The van der Waals surface area contributed by atoms with Crippen LogP contribution in [0.3, 0.4) is 0 Å². The smallest absolute Gasteiger partial charge is 0.226 e. The summed E-state index contributed by atoms with van der Waals surface area (Å²) >= 11 is 0. The Kier molecular flexibility index (Phi) is 7.38. The Morgan fingerprint density at radius 3 is 2.52 bits per heavy atom. The second kappa shape index (κ2) is 9.98. The molecule has 2 heterocycles. The molecule has 1 aliphatic heterocycles. The number of nitrogens with zero attached hydrogens (tertiary/aromatic N) is 4. The van der Waals surface area contributed by atoms with Crippen LogP contribution in [0.5, 0.6) is 0 Å². The molecule has 0 N–H and O–H groups in total. The maximum absolute atomic E-state index is 12.6. The van der Waals surface area contributed by atoms with Crippen LogP contribution in [0, 0.1) is 0 Å². The Morgan fingerprint density at radius 1 is 1.10 bits per heavy atom. The van der Waals surface area contributed by atoms with Crippen LogP contribution < -0.4 is 0 Å². The van der Waals surface area contributed by atoms with Crippen LogP contribution in [0.15, 0.2) is 34.9 Å². The maximum Gasteiger partial charge on any atom is 0.226 e. The highest BCUT2D eigenvalue weighted by atomic mass is 32.2. The molecule has 1 aromatic carbocycles. The Hall–Kier alpha value is -2.26. The van der Waals surface area contributed by atoms with Gasteiger partial charge in [0.1, 0.15) is 0 Å². The van der Waals surface area contributed by atoms with Gasteiger partial charge in [-0.1, -0.05) is 42.4 Å². The maximum atomic E-state index is 12.6. The summed E-state index contributed by atoms with van der Waals surface area (Å²) in [6.45, 7) is 3.58. The molecule has 8 nitrogen and oxygen atoms in total. The molecule has 1 aromatic heterocycles. The van der Waals surface area contributed by atoms with Crippen molar-refractivity contribution in [1.82, 2.24) is 19.3 Å². The highest BCUT2D eigenvalue weighted by Crippen LogP contribution is 2.15. The zero-order chi connectivity index (χ0) is 20.7. The fourth-order valence-electron chi connectivity index (χ4n) is 3.36. The van der Waals surface area contributed by atoms with Crippen molar-refractivity contribution in [3.8, 4) is 0 Å². The third-order valence-electron chi connectivity index (χ3n) is 4.94. The summed E-state index contributed by atoms with van der Waals surface area (Å²) < 4.78 is 31.9. The molecule has 0 bridgehead atoms. The predicted molar refractivity (Wildman–Crippen MR) is 108 cm³/mol. The summed E-state index contributed by atoms with van der Waals surface area (Å²) in [7, 11) is -3.37. The van der Waals surface area contributed by atoms with Crippen molar-refractivity contribution in [1.29, 1.82) is 0 Å². The van der Waals surface area contributed by atoms with Crippen LogP contribution in [-0.2, 0) is 33.4 Å². The average Bonchev–Trinajstić information content (AvgIpc) is 3.16. The molecule has 9 heteroatoms. The summed E-state index contributed by atoms with van der Waals surface area (Å²) in [6.07, 6.45) is 3.36. The fourth-order valence-corrected chi connectivity index (χ4v) is 4.87. The summed E-state index contributed by atoms with van der Waals surface area (Å²) in [5.74, 6) is 1.31. The Labute approximate surface area is 171 Å². The van der Waals surface area contributed by atoms with Gasteiger partial charge in [0.05, 0.1) is 5.75 Å². The van der Waals surface area contributed by atoms with E-state index in [0.29, 0.717) is 57.2 Å². The molecule has 29 heavy (non-hydrogen) atoms. The number of carbonyl (C=O) groups excluding carboxylic acids is 1. The van der Waals surface area contributed by atoms with Gasteiger partial charge in [-0.3, -0.25) is 4.79 Å². The molecule has 1 amide bonds. The highest BCUT2D eigenvalue weighted by Gasteiger charge is 2.28. The highest BCUT2D eigenvalue weighted by molar-refractivity contribution is 7.88. The minimum absolute atomic E-state index is 0.00795. The van der Waals surface area contributed by atoms with E-state index in [4.69, 9.17) is 4.52 Å². The minimum Gasteiger partial charge on any atom is -0.340 e. The van der Waals surface area contributed by atoms with Crippen LogP contribution in [0.2, 0.25) is 0 Å². The van der Waals surface area contributed by atoms with Gasteiger partial charge in [-0.25, -0.2) is 8.42 Å². The third-order valence-corrected chi connectivity index (χ3v) is 6.79. The number of aryl methyl sites for hydroxylation is 2. The van der Waals surface area contributed by atoms with Gasteiger partial charge in [-0.15, -0.1) is 0 Å². The molecule has 0 radical (unpaired) electrons. The van der Waals surface area contributed by atoms with Crippen LogP contribution >= 0.6 is 0 Å². The molecular weight excluding hydrogens is 392 g/mol. The summed E-state index contributed by atoms with van der Waals surface area (Å²) in [5, 5.41) is 3.91. The van der Waals surface area contributed by atoms with E-state index in [1.165, 1.54) is 4.31 Å². The minimum atomic E-state index is -3.37. The Morgan fingerprint density at radius 2 is 1.83 bits per heavy atom. The molecule has 2 aromatic rings. The first-order valence-corrected chi connectivity index (χ1v) is 11.7. The van der Waals surface area contributed by atoms with Gasteiger partial charge >= 0.3 is 0 Å². The van der Waals surface area contributed by atoms with E-state index < -0.39 is 10.0 Å². The van der Waals surface area contributed by atoms with Gasteiger partial charge in [0, 0.05) is 45.4 Å². The molecule has 0 saturated carbocycles. The second-order valence-electron chi connectivity index (χ2n) is 7.23. The van der Waals surface area contributed by atoms with E-state index in [0.717, 1.165) is 18.4 Å². The average molecular weight is 421 g/mol. The molecule has 1 fully saturated rings. The molecule has 0 aliphatic carbocycles.